The van der Waals surface area contributed by atoms with Crippen LogP contribution >= 0.6 is 0 Å². The average molecular weight is 338 g/mol. The Morgan fingerprint density at radius 1 is 0.833 bits per heavy atom. The lowest BCUT2D eigenvalue weighted by molar-refractivity contribution is -0.185. The molecule has 2 aromatic carbocycles. The lowest BCUT2D eigenvalue weighted by Gasteiger charge is -2.23. The Hall–Kier alpha value is -2.04. The van der Waals surface area contributed by atoms with Crippen LogP contribution in [0.2, 0.25) is 0 Å². The molecule has 0 heterocycles. The standard InChI is InChI=1S/C19H18F4O/c20-16-10-17(21)12-18(11-16)24-19(22,23)15-8-6-14(7-9-15)13-4-2-1-3-5-13/h6-13H,1-5H2. The van der Waals surface area contributed by atoms with Crippen LogP contribution in [0.25, 0.3) is 0 Å². The largest absolute Gasteiger partial charge is 0.429 e. The van der Waals surface area contributed by atoms with E-state index in [1.807, 2.05) is 0 Å². The van der Waals surface area contributed by atoms with E-state index in [1.165, 1.54) is 18.6 Å². The van der Waals surface area contributed by atoms with Crippen molar-refractivity contribution in [1.82, 2.24) is 0 Å². The van der Waals surface area contributed by atoms with Crippen molar-refractivity contribution in [3.05, 3.63) is 65.2 Å². The molecule has 1 aliphatic carbocycles. The summed E-state index contributed by atoms with van der Waals surface area (Å²) >= 11 is 0. The first-order valence-corrected chi connectivity index (χ1v) is 8.07. The third-order valence-corrected chi connectivity index (χ3v) is 4.41. The van der Waals surface area contributed by atoms with E-state index in [2.05, 4.69) is 4.74 Å². The molecule has 128 valence electrons. The third-order valence-electron chi connectivity index (χ3n) is 4.41. The lowest BCUT2D eigenvalue weighted by Crippen LogP contribution is -2.22. The summed E-state index contributed by atoms with van der Waals surface area (Å²) in [5.41, 5.74) is 0.706. The summed E-state index contributed by atoms with van der Waals surface area (Å²) in [4.78, 5) is 0. The summed E-state index contributed by atoms with van der Waals surface area (Å²) in [6.07, 6.45) is 2.05. The van der Waals surface area contributed by atoms with E-state index >= 15 is 0 Å². The zero-order chi connectivity index (χ0) is 17.2. The maximum Gasteiger partial charge on any atom is 0.426 e. The van der Waals surface area contributed by atoms with Crippen LogP contribution in [0.5, 0.6) is 5.75 Å². The number of alkyl halides is 2. The molecule has 0 N–H and O–H groups in total. The first kappa shape index (κ1) is 16.8. The van der Waals surface area contributed by atoms with Gasteiger partial charge in [-0.25, -0.2) is 8.78 Å². The Balaban J connectivity index is 1.76. The van der Waals surface area contributed by atoms with E-state index in [1.54, 1.807) is 12.1 Å². The topological polar surface area (TPSA) is 9.23 Å². The van der Waals surface area contributed by atoms with Crippen molar-refractivity contribution in [3.63, 3.8) is 0 Å². The minimum absolute atomic E-state index is 0.341. The van der Waals surface area contributed by atoms with Gasteiger partial charge < -0.3 is 4.74 Å². The zero-order valence-corrected chi connectivity index (χ0v) is 13.1. The highest BCUT2D eigenvalue weighted by atomic mass is 19.3. The van der Waals surface area contributed by atoms with Crippen LogP contribution in [-0.2, 0) is 6.11 Å². The van der Waals surface area contributed by atoms with Crippen LogP contribution in [0.15, 0.2) is 42.5 Å². The number of rotatable bonds is 4. The molecular formula is C19H18F4O. The van der Waals surface area contributed by atoms with Crippen molar-refractivity contribution in [3.8, 4) is 5.75 Å². The minimum atomic E-state index is -3.66. The van der Waals surface area contributed by atoms with E-state index in [0.29, 0.717) is 12.0 Å². The summed E-state index contributed by atoms with van der Waals surface area (Å²) < 4.78 is 59.1. The molecule has 0 unspecified atom stereocenters. The molecule has 5 heteroatoms. The zero-order valence-electron chi connectivity index (χ0n) is 13.1. The Morgan fingerprint density at radius 2 is 1.42 bits per heavy atom. The maximum atomic E-state index is 14.2. The average Bonchev–Trinajstić information content (AvgIpc) is 2.54. The molecule has 0 aliphatic heterocycles. The highest BCUT2D eigenvalue weighted by Gasteiger charge is 2.35. The van der Waals surface area contributed by atoms with Crippen LogP contribution in [0.4, 0.5) is 17.6 Å². The van der Waals surface area contributed by atoms with Crippen LogP contribution in [0, 0.1) is 11.6 Å². The summed E-state index contributed by atoms with van der Waals surface area (Å²) in [5.74, 6) is -2.06. The molecule has 1 fully saturated rings. The van der Waals surface area contributed by atoms with Crippen LogP contribution in [0.3, 0.4) is 0 Å². The SMILES string of the molecule is Fc1cc(F)cc(OC(F)(F)c2ccc(C3CCCCC3)cc2)c1. The molecule has 1 nitrogen and oxygen atoms in total. The van der Waals surface area contributed by atoms with Crippen molar-refractivity contribution < 1.29 is 22.3 Å². The summed E-state index contributed by atoms with van der Waals surface area (Å²) in [6, 6.07) is 8.08. The van der Waals surface area contributed by atoms with E-state index in [-0.39, 0.29) is 5.56 Å². The number of benzene rings is 2. The summed E-state index contributed by atoms with van der Waals surface area (Å²) in [5, 5.41) is 0. The fourth-order valence-electron chi connectivity index (χ4n) is 3.18. The molecule has 0 aromatic heterocycles. The lowest BCUT2D eigenvalue weighted by atomic mass is 9.84. The Morgan fingerprint density at radius 3 is 2.00 bits per heavy atom. The molecule has 0 atom stereocenters. The molecule has 3 rings (SSSR count). The highest BCUT2D eigenvalue weighted by molar-refractivity contribution is 5.30. The van der Waals surface area contributed by atoms with Crippen molar-refractivity contribution in [1.29, 1.82) is 0 Å². The molecule has 0 radical (unpaired) electrons. The highest BCUT2D eigenvalue weighted by Crippen LogP contribution is 2.36. The van der Waals surface area contributed by atoms with Gasteiger partial charge in [-0.15, -0.1) is 0 Å². The normalized spacial score (nSPS) is 16.2. The van der Waals surface area contributed by atoms with Gasteiger partial charge >= 0.3 is 6.11 Å². The minimum Gasteiger partial charge on any atom is -0.429 e. The molecule has 24 heavy (non-hydrogen) atoms. The first-order valence-electron chi connectivity index (χ1n) is 8.07. The van der Waals surface area contributed by atoms with Gasteiger partial charge in [0.25, 0.3) is 0 Å². The molecule has 0 amide bonds. The summed E-state index contributed by atoms with van der Waals surface area (Å²) in [7, 11) is 0. The number of hydrogen-bond donors (Lipinski definition) is 0. The van der Waals surface area contributed by atoms with Crippen molar-refractivity contribution >= 4 is 0 Å². The fourth-order valence-corrected chi connectivity index (χ4v) is 3.18. The van der Waals surface area contributed by atoms with Gasteiger partial charge in [-0.3, -0.25) is 0 Å². The van der Waals surface area contributed by atoms with E-state index in [9.17, 15) is 17.6 Å². The Labute approximate surface area is 138 Å². The molecule has 1 aliphatic rings. The monoisotopic (exact) mass is 338 g/mol. The van der Waals surface area contributed by atoms with E-state index < -0.39 is 23.5 Å². The number of halogens is 4. The quantitative estimate of drug-likeness (QED) is 0.608. The van der Waals surface area contributed by atoms with Crippen molar-refractivity contribution in [2.75, 3.05) is 0 Å². The molecule has 1 saturated carbocycles. The van der Waals surface area contributed by atoms with Crippen molar-refractivity contribution in [2.45, 2.75) is 44.1 Å². The smallest absolute Gasteiger partial charge is 0.426 e. The van der Waals surface area contributed by atoms with Gasteiger partial charge in [0.1, 0.15) is 17.4 Å². The van der Waals surface area contributed by atoms with Gasteiger partial charge in [-0.2, -0.15) is 8.78 Å². The molecule has 0 saturated heterocycles. The summed E-state index contributed by atoms with van der Waals surface area (Å²) in [6.45, 7) is 0. The van der Waals surface area contributed by atoms with Gasteiger partial charge in [0.15, 0.2) is 0 Å². The van der Waals surface area contributed by atoms with Crippen LogP contribution in [0.1, 0.15) is 49.1 Å². The van der Waals surface area contributed by atoms with Gasteiger partial charge in [0.2, 0.25) is 0 Å². The molecule has 0 spiro atoms. The first-order chi connectivity index (χ1) is 11.4. The fraction of sp³-hybridized carbons (Fsp3) is 0.368. The predicted molar refractivity (Wildman–Crippen MR) is 83.1 cm³/mol. The predicted octanol–water partition coefficient (Wildman–Crippen LogP) is 6.14. The van der Waals surface area contributed by atoms with E-state index in [4.69, 9.17) is 0 Å². The molecule has 2 aromatic rings. The van der Waals surface area contributed by atoms with Gasteiger partial charge in [-0.1, -0.05) is 31.4 Å². The Kier molecular flexibility index (Phi) is 4.78. The Bertz CT molecular complexity index is 671. The van der Waals surface area contributed by atoms with Crippen LogP contribution < -0.4 is 4.74 Å². The molecular weight excluding hydrogens is 320 g/mol. The second-order valence-corrected chi connectivity index (χ2v) is 6.18. The van der Waals surface area contributed by atoms with E-state index in [0.717, 1.165) is 43.4 Å². The van der Waals surface area contributed by atoms with Gasteiger partial charge in [0.05, 0.1) is 5.56 Å². The number of hydrogen-bond acceptors (Lipinski definition) is 1. The second-order valence-electron chi connectivity index (χ2n) is 6.18. The van der Waals surface area contributed by atoms with Gasteiger partial charge in [0, 0.05) is 18.2 Å². The molecule has 0 bridgehead atoms. The van der Waals surface area contributed by atoms with Gasteiger partial charge in [-0.05, 0) is 36.5 Å². The van der Waals surface area contributed by atoms with Crippen LogP contribution in [-0.4, -0.2) is 0 Å². The third kappa shape index (κ3) is 3.89. The van der Waals surface area contributed by atoms with Crippen molar-refractivity contribution in [2.24, 2.45) is 0 Å². The maximum absolute atomic E-state index is 14.2. The number of ether oxygens (including phenoxy) is 1. The second kappa shape index (κ2) is 6.83.